The molecule has 1 fully saturated rings. The highest BCUT2D eigenvalue weighted by Crippen LogP contribution is 2.24. The van der Waals surface area contributed by atoms with Gasteiger partial charge in [-0.3, -0.25) is 0 Å². The fourth-order valence-corrected chi connectivity index (χ4v) is 2.06. The number of nitrogens with one attached hydrogen (secondary N) is 2. The third-order valence-electron chi connectivity index (χ3n) is 3.04. The zero-order valence-corrected chi connectivity index (χ0v) is 9.82. The molecule has 0 aromatic rings. The Hall–Kier alpha value is -1.26. The molecule has 5 heteroatoms. The Morgan fingerprint density at radius 2 is 2.12 bits per heavy atom. The average Bonchev–Trinajstić information content (AvgIpc) is 2.60. The Labute approximate surface area is 95.6 Å². The van der Waals surface area contributed by atoms with Gasteiger partial charge in [0.25, 0.3) is 0 Å². The van der Waals surface area contributed by atoms with Crippen LogP contribution >= 0.6 is 0 Å². The molecule has 16 heavy (non-hydrogen) atoms. The SMILES string of the molecule is CC[C@H](NC(=O)NC1CCC(C)C1)C(=O)O. The van der Waals surface area contributed by atoms with Crippen molar-refractivity contribution in [2.24, 2.45) is 5.92 Å². The minimum Gasteiger partial charge on any atom is -0.480 e. The van der Waals surface area contributed by atoms with Crippen LogP contribution in [-0.2, 0) is 4.79 Å². The van der Waals surface area contributed by atoms with E-state index in [1.54, 1.807) is 6.92 Å². The summed E-state index contributed by atoms with van der Waals surface area (Å²) in [5.41, 5.74) is 0. The lowest BCUT2D eigenvalue weighted by Gasteiger charge is -2.16. The lowest BCUT2D eigenvalue weighted by molar-refractivity contribution is -0.139. The van der Waals surface area contributed by atoms with E-state index in [1.165, 1.54) is 0 Å². The van der Waals surface area contributed by atoms with Crippen molar-refractivity contribution >= 4 is 12.0 Å². The number of carboxylic acids is 1. The molecule has 0 spiro atoms. The Morgan fingerprint density at radius 3 is 2.56 bits per heavy atom. The van der Waals surface area contributed by atoms with Gasteiger partial charge in [0, 0.05) is 6.04 Å². The second-order valence-electron chi connectivity index (χ2n) is 4.53. The van der Waals surface area contributed by atoms with Gasteiger partial charge < -0.3 is 15.7 Å². The molecule has 0 heterocycles. The van der Waals surface area contributed by atoms with Gasteiger partial charge in [-0.25, -0.2) is 9.59 Å². The van der Waals surface area contributed by atoms with Crippen molar-refractivity contribution in [3.8, 4) is 0 Å². The zero-order valence-electron chi connectivity index (χ0n) is 9.82. The number of carbonyl (C=O) groups is 2. The number of hydrogen-bond acceptors (Lipinski definition) is 2. The van der Waals surface area contributed by atoms with E-state index in [0.717, 1.165) is 19.3 Å². The number of amides is 2. The van der Waals surface area contributed by atoms with Crippen molar-refractivity contribution in [2.45, 2.75) is 51.6 Å². The largest absolute Gasteiger partial charge is 0.480 e. The van der Waals surface area contributed by atoms with E-state index in [0.29, 0.717) is 12.3 Å². The highest BCUT2D eigenvalue weighted by Gasteiger charge is 2.24. The van der Waals surface area contributed by atoms with Crippen molar-refractivity contribution in [3.63, 3.8) is 0 Å². The monoisotopic (exact) mass is 228 g/mol. The molecule has 1 aliphatic rings. The van der Waals surface area contributed by atoms with Gasteiger partial charge in [0.1, 0.15) is 6.04 Å². The fraction of sp³-hybridized carbons (Fsp3) is 0.818. The van der Waals surface area contributed by atoms with Gasteiger partial charge in [0.15, 0.2) is 0 Å². The first-order valence-electron chi connectivity index (χ1n) is 5.82. The molecule has 0 bridgehead atoms. The molecule has 92 valence electrons. The lowest BCUT2D eigenvalue weighted by atomic mass is 10.1. The van der Waals surface area contributed by atoms with Gasteiger partial charge in [-0.05, 0) is 31.6 Å². The van der Waals surface area contributed by atoms with Crippen LogP contribution in [0.3, 0.4) is 0 Å². The van der Waals surface area contributed by atoms with Gasteiger partial charge in [0.2, 0.25) is 0 Å². The number of aliphatic carboxylic acids is 1. The predicted octanol–water partition coefficient (Wildman–Crippen LogP) is 1.34. The Morgan fingerprint density at radius 1 is 1.44 bits per heavy atom. The second-order valence-corrected chi connectivity index (χ2v) is 4.53. The first-order valence-corrected chi connectivity index (χ1v) is 5.82. The number of carboxylic acid groups (broad SMARTS) is 1. The lowest BCUT2D eigenvalue weighted by Crippen LogP contribution is -2.48. The summed E-state index contributed by atoms with van der Waals surface area (Å²) in [7, 11) is 0. The minimum absolute atomic E-state index is 0.196. The van der Waals surface area contributed by atoms with Gasteiger partial charge in [-0.15, -0.1) is 0 Å². The molecule has 0 radical (unpaired) electrons. The normalized spacial score (nSPS) is 26.1. The first kappa shape index (κ1) is 12.8. The summed E-state index contributed by atoms with van der Waals surface area (Å²) in [4.78, 5) is 22.2. The maximum atomic E-state index is 11.5. The summed E-state index contributed by atoms with van der Waals surface area (Å²) >= 11 is 0. The summed E-state index contributed by atoms with van der Waals surface area (Å²) in [6.45, 7) is 3.89. The van der Waals surface area contributed by atoms with Crippen LogP contribution in [0.15, 0.2) is 0 Å². The molecule has 0 aromatic heterocycles. The zero-order chi connectivity index (χ0) is 12.1. The van der Waals surface area contributed by atoms with Crippen LogP contribution < -0.4 is 10.6 Å². The molecule has 2 amide bonds. The Bertz CT molecular complexity index is 268. The average molecular weight is 228 g/mol. The number of hydrogen-bond donors (Lipinski definition) is 3. The summed E-state index contributed by atoms with van der Waals surface area (Å²) in [6, 6.07) is -0.964. The van der Waals surface area contributed by atoms with Gasteiger partial charge in [-0.2, -0.15) is 0 Å². The molecular formula is C11H20N2O3. The Balaban J connectivity index is 2.32. The molecule has 1 rings (SSSR count). The van der Waals surface area contributed by atoms with E-state index in [-0.39, 0.29) is 12.1 Å². The van der Waals surface area contributed by atoms with Crippen molar-refractivity contribution in [1.82, 2.24) is 10.6 Å². The van der Waals surface area contributed by atoms with E-state index in [2.05, 4.69) is 17.6 Å². The van der Waals surface area contributed by atoms with E-state index < -0.39 is 12.0 Å². The number of carbonyl (C=O) groups excluding carboxylic acids is 1. The molecule has 3 N–H and O–H groups in total. The van der Waals surface area contributed by atoms with Crippen LogP contribution in [0.25, 0.3) is 0 Å². The van der Waals surface area contributed by atoms with Crippen LogP contribution in [0.1, 0.15) is 39.5 Å². The minimum atomic E-state index is -0.988. The molecule has 5 nitrogen and oxygen atoms in total. The van der Waals surface area contributed by atoms with Crippen LogP contribution in [0.5, 0.6) is 0 Å². The summed E-state index contributed by atoms with van der Waals surface area (Å²) < 4.78 is 0. The summed E-state index contributed by atoms with van der Waals surface area (Å²) in [5.74, 6) is -0.343. The highest BCUT2D eigenvalue weighted by atomic mass is 16.4. The summed E-state index contributed by atoms with van der Waals surface area (Å²) in [6.07, 6.45) is 3.49. The molecule has 0 aromatic carbocycles. The second kappa shape index (κ2) is 5.72. The van der Waals surface area contributed by atoms with Gasteiger partial charge in [-0.1, -0.05) is 13.8 Å². The van der Waals surface area contributed by atoms with Crippen LogP contribution in [0.4, 0.5) is 4.79 Å². The topological polar surface area (TPSA) is 78.4 Å². The van der Waals surface area contributed by atoms with Crippen LogP contribution in [-0.4, -0.2) is 29.2 Å². The molecule has 0 saturated heterocycles. The van der Waals surface area contributed by atoms with Crippen molar-refractivity contribution in [2.75, 3.05) is 0 Å². The van der Waals surface area contributed by atoms with E-state index in [4.69, 9.17) is 5.11 Å². The third-order valence-corrected chi connectivity index (χ3v) is 3.04. The quantitative estimate of drug-likeness (QED) is 0.679. The van der Waals surface area contributed by atoms with E-state index >= 15 is 0 Å². The third kappa shape index (κ3) is 3.72. The van der Waals surface area contributed by atoms with E-state index in [9.17, 15) is 9.59 Å². The molecular weight excluding hydrogens is 208 g/mol. The fourth-order valence-electron chi connectivity index (χ4n) is 2.06. The molecule has 0 aliphatic heterocycles. The van der Waals surface area contributed by atoms with Crippen molar-refractivity contribution < 1.29 is 14.7 Å². The maximum absolute atomic E-state index is 11.5. The Kier molecular flexibility index (Phi) is 4.58. The van der Waals surface area contributed by atoms with Crippen molar-refractivity contribution in [3.05, 3.63) is 0 Å². The first-order chi connectivity index (χ1) is 7.52. The van der Waals surface area contributed by atoms with Crippen molar-refractivity contribution in [1.29, 1.82) is 0 Å². The van der Waals surface area contributed by atoms with Gasteiger partial charge in [0.05, 0.1) is 0 Å². The molecule has 2 unspecified atom stereocenters. The summed E-state index contributed by atoms with van der Waals surface area (Å²) in [5, 5.41) is 14.1. The number of urea groups is 1. The van der Waals surface area contributed by atoms with Crippen LogP contribution in [0, 0.1) is 5.92 Å². The molecule has 1 saturated carbocycles. The molecule has 3 atom stereocenters. The van der Waals surface area contributed by atoms with E-state index in [1.807, 2.05) is 0 Å². The van der Waals surface area contributed by atoms with Crippen LogP contribution in [0.2, 0.25) is 0 Å². The predicted molar refractivity (Wildman–Crippen MR) is 60.2 cm³/mol. The highest BCUT2D eigenvalue weighted by molar-refractivity contribution is 5.82. The number of rotatable bonds is 4. The molecule has 1 aliphatic carbocycles. The smallest absolute Gasteiger partial charge is 0.326 e. The maximum Gasteiger partial charge on any atom is 0.326 e. The van der Waals surface area contributed by atoms with Gasteiger partial charge >= 0.3 is 12.0 Å². The standard InChI is InChI=1S/C11H20N2O3/c1-3-9(10(14)15)13-11(16)12-8-5-4-7(2)6-8/h7-9H,3-6H2,1-2H3,(H,14,15)(H2,12,13,16)/t7?,8?,9-/m0/s1.